The molecule has 1 aromatic carbocycles. The van der Waals surface area contributed by atoms with Gasteiger partial charge >= 0.3 is 0 Å². The van der Waals surface area contributed by atoms with Gasteiger partial charge in [-0.05, 0) is 30.2 Å². The standard InChI is InChI=1S/C22H23N5O/c28-20(19-8-4-10-23-19)26-13-9-22(17-6-2-1-3-7-17)16-27(15-18(22)14-26)21-24-11-5-12-25-21/h1-8,10-12,18,23H,9,13-16H2. The molecule has 2 atom stereocenters. The molecule has 2 aliphatic rings. The van der Waals surface area contributed by atoms with Crippen LogP contribution in [0.4, 0.5) is 5.95 Å². The first-order valence-corrected chi connectivity index (χ1v) is 9.76. The van der Waals surface area contributed by atoms with E-state index in [0.717, 1.165) is 38.5 Å². The molecular formula is C22H23N5O. The third kappa shape index (κ3) is 2.76. The van der Waals surface area contributed by atoms with Gasteiger partial charge in [0.05, 0.1) is 0 Å². The maximum Gasteiger partial charge on any atom is 0.270 e. The van der Waals surface area contributed by atoms with E-state index in [-0.39, 0.29) is 11.3 Å². The predicted molar refractivity (Wildman–Crippen MR) is 107 cm³/mol. The summed E-state index contributed by atoms with van der Waals surface area (Å²) in [4.78, 5) is 29.2. The first kappa shape index (κ1) is 17.0. The quantitative estimate of drug-likeness (QED) is 0.767. The van der Waals surface area contributed by atoms with Crippen LogP contribution in [0.25, 0.3) is 0 Å². The van der Waals surface area contributed by atoms with Gasteiger partial charge in [0.25, 0.3) is 5.91 Å². The first-order chi connectivity index (χ1) is 13.8. The van der Waals surface area contributed by atoms with Crippen LogP contribution in [-0.2, 0) is 5.41 Å². The van der Waals surface area contributed by atoms with Crippen LogP contribution in [0.2, 0.25) is 0 Å². The average molecular weight is 373 g/mol. The number of H-pyrrole nitrogens is 1. The van der Waals surface area contributed by atoms with E-state index in [1.165, 1.54) is 5.56 Å². The second kappa shape index (κ2) is 6.78. The number of nitrogens with one attached hydrogen (secondary N) is 1. The fourth-order valence-electron chi connectivity index (χ4n) is 4.85. The Morgan fingerprint density at radius 3 is 2.61 bits per heavy atom. The predicted octanol–water partition coefficient (Wildman–Crippen LogP) is 2.73. The molecular weight excluding hydrogens is 350 g/mol. The highest BCUT2D eigenvalue weighted by molar-refractivity contribution is 5.92. The van der Waals surface area contributed by atoms with Crippen molar-refractivity contribution >= 4 is 11.9 Å². The van der Waals surface area contributed by atoms with Crippen LogP contribution in [-0.4, -0.2) is 51.9 Å². The number of hydrogen-bond donors (Lipinski definition) is 1. The molecule has 2 unspecified atom stereocenters. The fraction of sp³-hybridized carbons (Fsp3) is 0.318. The zero-order valence-corrected chi connectivity index (χ0v) is 15.7. The lowest BCUT2D eigenvalue weighted by molar-refractivity contribution is 0.0597. The lowest BCUT2D eigenvalue weighted by atomic mass is 9.68. The lowest BCUT2D eigenvalue weighted by Gasteiger charge is -2.43. The number of rotatable bonds is 3. The Hall–Kier alpha value is -3.15. The summed E-state index contributed by atoms with van der Waals surface area (Å²) in [5.41, 5.74) is 2.03. The van der Waals surface area contributed by atoms with Crippen molar-refractivity contribution in [2.45, 2.75) is 11.8 Å². The van der Waals surface area contributed by atoms with E-state index < -0.39 is 0 Å². The fourth-order valence-corrected chi connectivity index (χ4v) is 4.85. The number of hydrogen-bond acceptors (Lipinski definition) is 4. The molecule has 6 nitrogen and oxygen atoms in total. The minimum Gasteiger partial charge on any atom is -0.357 e. The van der Waals surface area contributed by atoms with E-state index >= 15 is 0 Å². The van der Waals surface area contributed by atoms with Gasteiger partial charge in [-0.25, -0.2) is 9.97 Å². The second-order valence-electron chi connectivity index (χ2n) is 7.73. The zero-order chi connectivity index (χ0) is 19.0. The van der Waals surface area contributed by atoms with Gasteiger partial charge < -0.3 is 14.8 Å². The number of anilines is 1. The van der Waals surface area contributed by atoms with Crippen molar-refractivity contribution in [2.24, 2.45) is 5.92 Å². The van der Waals surface area contributed by atoms with Crippen molar-refractivity contribution in [1.82, 2.24) is 19.9 Å². The first-order valence-electron chi connectivity index (χ1n) is 9.76. The van der Waals surface area contributed by atoms with Gasteiger partial charge in [0.2, 0.25) is 5.95 Å². The molecule has 1 N–H and O–H groups in total. The molecule has 5 rings (SSSR count). The average Bonchev–Trinajstić information content (AvgIpc) is 3.43. The monoisotopic (exact) mass is 373 g/mol. The Balaban J connectivity index is 1.47. The Morgan fingerprint density at radius 2 is 1.86 bits per heavy atom. The summed E-state index contributed by atoms with van der Waals surface area (Å²) < 4.78 is 0. The number of piperidine rings is 1. The van der Waals surface area contributed by atoms with Gasteiger partial charge in [0, 0.05) is 56.1 Å². The topological polar surface area (TPSA) is 65.1 Å². The molecule has 6 heteroatoms. The number of fused-ring (bicyclic) bond motifs is 1. The van der Waals surface area contributed by atoms with Crippen molar-refractivity contribution in [1.29, 1.82) is 0 Å². The van der Waals surface area contributed by atoms with Gasteiger partial charge in [-0.2, -0.15) is 0 Å². The van der Waals surface area contributed by atoms with Crippen molar-refractivity contribution in [3.63, 3.8) is 0 Å². The van der Waals surface area contributed by atoms with Crippen LogP contribution < -0.4 is 4.90 Å². The van der Waals surface area contributed by atoms with E-state index in [0.29, 0.717) is 11.6 Å². The molecule has 2 fully saturated rings. The molecule has 0 saturated carbocycles. The van der Waals surface area contributed by atoms with Crippen LogP contribution in [0.1, 0.15) is 22.5 Å². The van der Waals surface area contributed by atoms with Gasteiger partial charge in [-0.3, -0.25) is 4.79 Å². The Morgan fingerprint density at radius 1 is 1.04 bits per heavy atom. The molecule has 3 aromatic rings. The van der Waals surface area contributed by atoms with Crippen molar-refractivity contribution in [3.8, 4) is 0 Å². The smallest absolute Gasteiger partial charge is 0.270 e. The molecule has 2 saturated heterocycles. The minimum atomic E-state index is 0.0208. The molecule has 0 bridgehead atoms. The molecule has 142 valence electrons. The summed E-state index contributed by atoms with van der Waals surface area (Å²) in [5, 5.41) is 0. The Bertz CT molecular complexity index is 944. The highest BCUT2D eigenvalue weighted by Gasteiger charge is 2.51. The Labute approximate surface area is 164 Å². The van der Waals surface area contributed by atoms with Crippen molar-refractivity contribution in [2.75, 3.05) is 31.1 Å². The number of carbonyl (C=O) groups excluding carboxylic acids is 1. The zero-order valence-electron chi connectivity index (χ0n) is 15.7. The van der Waals surface area contributed by atoms with E-state index in [1.54, 1.807) is 18.6 Å². The number of nitrogens with zero attached hydrogens (tertiary/aromatic N) is 4. The van der Waals surface area contributed by atoms with Gasteiger partial charge in [-0.15, -0.1) is 0 Å². The number of carbonyl (C=O) groups is 1. The van der Waals surface area contributed by atoms with Gasteiger partial charge in [0.15, 0.2) is 0 Å². The van der Waals surface area contributed by atoms with Crippen LogP contribution >= 0.6 is 0 Å². The molecule has 28 heavy (non-hydrogen) atoms. The van der Waals surface area contributed by atoms with Crippen LogP contribution in [0.5, 0.6) is 0 Å². The Kier molecular flexibility index (Phi) is 4.11. The minimum absolute atomic E-state index is 0.0208. The van der Waals surface area contributed by atoms with Gasteiger partial charge in [-0.1, -0.05) is 30.3 Å². The second-order valence-corrected chi connectivity index (χ2v) is 7.73. The maximum absolute atomic E-state index is 12.9. The van der Waals surface area contributed by atoms with E-state index in [4.69, 9.17) is 0 Å². The molecule has 1 amide bonds. The van der Waals surface area contributed by atoms with E-state index in [9.17, 15) is 4.79 Å². The SMILES string of the molecule is O=C(c1ccc[nH]1)N1CCC2(c3ccccc3)CN(c3ncccn3)CC2C1. The normalized spacial score (nSPS) is 24.2. The molecule has 2 aliphatic heterocycles. The number of amides is 1. The lowest BCUT2D eigenvalue weighted by Crippen LogP contribution is -2.51. The molecule has 4 heterocycles. The maximum atomic E-state index is 12.9. The summed E-state index contributed by atoms with van der Waals surface area (Å²) in [6.07, 6.45) is 6.33. The molecule has 0 aliphatic carbocycles. The number of benzene rings is 1. The number of aromatic nitrogens is 3. The van der Waals surface area contributed by atoms with Crippen LogP contribution in [0, 0.1) is 5.92 Å². The van der Waals surface area contributed by atoms with Crippen molar-refractivity contribution < 1.29 is 4.79 Å². The van der Waals surface area contributed by atoms with Crippen LogP contribution in [0.3, 0.4) is 0 Å². The van der Waals surface area contributed by atoms with E-state index in [1.807, 2.05) is 23.1 Å². The van der Waals surface area contributed by atoms with Gasteiger partial charge in [0.1, 0.15) is 5.69 Å². The van der Waals surface area contributed by atoms with Crippen LogP contribution in [0.15, 0.2) is 67.1 Å². The summed E-state index contributed by atoms with van der Waals surface area (Å²) in [6.45, 7) is 3.24. The highest BCUT2D eigenvalue weighted by atomic mass is 16.2. The number of aromatic amines is 1. The molecule has 0 spiro atoms. The number of likely N-dealkylation sites (tertiary alicyclic amines) is 1. The van der Waals surface area contributed by atoms with E-state index in [2.05, 4.69) is 50.2 Å². The van der Waals surface area contributed by atoms with Crippen molar-refractivity contribution in [3.05, 3.63) is 78.4 Å². The third-order valence-corrected chi connectivity index (χ3v) is 6.26. The summed E-state index contributed by atoms with van der Waals surface area (Å²) in [6, 6.07) is 16.3. The molecule has 0 radical (unpaired) electrons. The highest BCUT2D eigenvalue weighted by Crippen LogP contribution is 2.46. The largest absolute Gasteiger partial charge is 0.357 e. The summed E-state index contributed by atoms with van der Waals surface area (Å²) >= 11 is 0. The third-order valence-electron chi connectivity index (χ3n) is 6.26. The summed E-state index contributed by atoms with van der Waals surface area (Å²) in [5.74, 6) is 1.20. The molecule has 2 aromatic heterocycles. The summed E-state index contributed by atoms with van der Waals surface area (Å²) in [7, 11) is 0.